The summed E-state index contributed by atoms with van der Waals surface area (Å²) in [4.78, 5) is 14.3. The van der Waals surface area contributed by atoms with Gasteiger partial charge in [-0.2, -0.15) is 0 Å². The SMILES string of the molecule is CCCN1CCC(NC(=O)C(C)(C)C)CC1. The van der Waals surface area contributed by atoms with E-state index in [0.717, 1.165) is 25.9 Å². The molecule has 1 N–H and O–H groups in total. The molecule has 1 aliphatic heterocycles. The van der Waals surface area contributed by atoms with Gasteiger partial charge in [-0.1, -0.05) is 27.7 Å². The largest absolute Gasteiger partial charge is 0.353 e. The Balaban J connectivity index is 2.30. The van der Waals surface area contributed by atoms with Gasteiger partial charge in [-0.3, -0.25) is 4.79 Å². The minimum absolute atomic E-state index is 0.182. The first-order valence-corrected chi connectivity index (χ1v) is 6.47. The van der Waals surface area contributed by atoms with E-state index in [1.807, 2.05) is 20.8 Å². The Hall–Kier alpha value is -0.570. The Labute approximate surface area is 99.6 Å². The molecule has 1 aliphatic rings. The van der Waals surface area contributed by atoms with E-state index in [1.165, 1.54) is 13.0 Å². The second-order valence-electron chi connectivity index (χ2n) is 5.84. The lowest BCUT2D eigenvalue weighted by Crippen LogP contribution is -2.47. The number of hydrogen-bond acceptors (Lipinski definition) is 2. The second-order valence-corrected chi connectivity index (χ2v) is 5.84. The molecule has 0 bridgehead atoms. The van der Waals surface area contributed by atoms with E-state index in [0.29, 0.717) is 6.04 Å². The first kappa shape index (κ1) is 13.5. The van der Waals surface area contributed by atoms with Gasteiger partial charge in [-0.05, 0) is 25.8 Å². The zero-order valence-corrected chi connectivity index (χ0v) is 11.2. The standard InChI is InChI=1S/C13H26N2O/c1-5-8-15-9-6-11(7-10-15)14-12(16)13(2,3)4/h11H,5-10H2,1-4H3,(H,14,16). The number of carbonyl (C=O) groups is 1. The highest BCUT2D eigenvalue weighted by Crippen LogP contribution is 2.16. The molecule has 94 valence electrons. The predicted octanol–water partition coefficient (Wildman–Crippen LogP) is 2.02. The maximum atomic E-state index is 11.8. The summed E-state index contributed by atoms with van der Waals surface area (Å²) in [5.74, 6) is 0.182. The fourth-order valence-corrected chi connectivity index (χ4v) is 2.02. The van der Waals surface area contributed by atoms with Crippen LogP contribution in [0, 0.1) is 5.41 Å². The number of hydrogen-bond donors (Lipinski definition) is 1. The van der Waals surface area contributed by atoms with Crippen molar-refractivity contribution in [1.82, 2.24) is 10.2 Å². The third-order valence-electron chi connectivity index (χ3n) is 3.14. The summed E-state index contributed by atoms with van der Waals surface area (Å²) < 4.78 is 0. The van der Waals surface area contributed by atoms with Crippen LogP contribution in [0.25, 0.3) is 0 Å². The number of rotatable bonds is 3. The summed E-state index contributed by atoms with van der Waals surface area (Å²) >= 11 is 0. The average Bonchev–Trinajstić information content (AvgIpc) is 2.20. The summed E-state index contributed by atoms with van der Waals surface area (Å²) in [6.45, 7) is 11.6. The Morgan fingerprint density at radius 3 is 2.31 bits per heavy atom. The van der Waals surface area contributed by atoms with Crippen LogP contribution < -0.4 is 5.32 Å². The molecule has 1 heterocycles. The van der Waals surface area contributed by atoms with Gasteiger partial charge in [-0.15, -0.1) is 0 Å². The number of nitrogens with zero attached hydrogens (tertiary/aromatic N) is 1. The quantitative estimate of drug-likeness (QED) is 0.798. The van der Waals surface area contributed by atoms with Crippen molar-refractivity contribution in [3.63, 3.8) is 0 Å². The molecular weight excluding hydrogens is 200 g/mol. The van der Waals surface area contributed by atoms with Gasteiger partial charge < -0.3 is 10.2 Å². The molecule has 1 rings (SSSR count). The van der Waals surface area contributed by atoms with Crippen LogP contribution in [0.2, 0.25) is 0 Å². The van der Waals surface area contributed by atoms with E-state index >= 15 is 0 Å². The van der Waals surface area contributed by atoms with Gasteiger partial charge in [0.25, 0.3) is 0 Å². The lowest BCUT2D eigenvalue weighted by Gasteiger charge is -2.33. The molecule has 0 unspecified atom stereocenters. The van der Waals surface area contributed by atoms with Gasteiger partial charge >= 0.3 is 0 Å². The van der Waals surface area contributed by atoms with Crippen molar-refractivity contribution in [1.29, 1.82) is 0 Å². The third-order valence-corrected chi connectivity index (χ3v) is 3.14. The highest BCUT2D eigenvalue weighted by molar-refractivity contribution is 5.81. The third kappa shape index (κ3) is 4.12. The molecule has 1 fully saturated rings. The molecule has 0 aromatic rings. The first-order valence-electron chi connectivity index (χ1n) is 6.47. The molecule has 0 aromatic heterocycles. The highest BCUT2D eigenvalue weighted by atomic mass is 16.2. The van der Waals surface area contributed by atoms with Gasteiger partial charge in [0.1, 0.15) is 0 Å². The first-order chi connectivity index (χ1) is 7.43. The fraction of sp³-hybridized carbons (Fsp3) is 0.923. The van der Waals surface area contributed by atoms with Crippen LogP contribution in [0.5, 0.6) is 0 Å². The molecule has 0 atom stereocenters. The Kier molecular flexibility index (Phi) is 4.78. The zero-order valence-electron chi connectivity index (χ0n) is 11.2. The van der Waals surface area contributed by atoms with Gasteiger partial charge in [-0.25, -0.2) is 0 Å². The van der Waals surface area contributed by atoms with E-state index in [9.17, 15) is 4.79 Å². The number of likely N-dealkylation sites (tertiary alicyclic amines) is 1. The van der Waals surface area contributed by atoms with Crippen molar-refractivity contribution in [2.45, 2.75) is 53.0 Å². The lowest BCUT2D eigenvalue weighted by atomic mass is 9.94. The topological polar surface area (TPSA) is 32.3 Å². The summed E-state index contributed by atoms with van der Waals surface area (Å²) in [7, 11) is 0. The molecule has 16 heavy (non-hydrogen) atoms. The van der Waals surface area contributed by atoms with Crippen molar-refractivity contribution in [2.24, 2.45) is 5.41 Å². The van der Waals surface area contributed by atoms with Crippen LogP contribution in [0.15, 0.2) is 0 Å². The van der Waals surface area contributed by atoms with E-state index in [1.54, 1.807) is 0 Å². The van der Waals surface area contributed by atoms with E-state index in [4.69, 9.17) is 0 Å². The maximum absolute atomic E-state index is 11.8. The molecule has 3 nitrogen and oxygen atoms in total. The van der Waals surface area contributed by atoms with Crippen LogP contribution in [-0.2, 0) is 4.79 Å². The number of amides is 1. The van der Waals surface area contributed by atoms with Crippen molar-refractivity contribution < 1.29 is 4.79 Å². The van der Waals surface area contributed by atoms with E-state index in [-0.39, 0.29) is 11.3 Å². The number of piperidine rings is 1. The molecule has 0 saturated carbocycles. The Morgan fingerprint density at radius 1 is 1.31 bits per heavy atom. The van der Waals surface area contributed by atoms with Gasteiger partial charge in [0.05, 0.1) is 0 Å². The minimum atomic E-state index is -0.263. The molecule has 0 aromatic carbocycles. The highest BCUT2D eigenvalue weighted by Gasteiger charge is 2.26. The summed E-state index contributed by atoms with van der Waals surface area (Å²) in [6, 6.07) is 0.389. The van der Waals surface area contributed by atoms with Crippen LogP contribution in [-0.4, -0.2) is 36.5 Å². The van der Waals surface area contributed by atoms with Crippen LogP contribution >= 0.6 is 0 Å². The van der Waals surface area contributed by atoms with E-state index in [2.05, 4.69) is 17.1 Å². The molecule has 0 spiro atoms. The van der Waals surface area contributed by atoms with Crippen molar-refractivity contribution in [3.8, 4) is 0 Å². The normalized spacial score (nSPS) is 19.8. The zero-order chi connectivity index (χ0) is 12.2. The summed E-state index contributed by atoms with van der Waals surface area (Å²) in [5.41, 5.74) is -0.263. The monoisotopic (exact) mass is 226 g/mol. The molecule has 3 heteroatoms. The van der Waals surface area contributed by atoms with Crippen LogP contribution in [0.3, 0.4) is 0 Å². The smallest absolute Gasteiger partial charge is 0.225 e. The van der Waals surface area contributed by atoms with Crippen molar-refractivity contribution >= 4 is 5.91 Å². The second kappa shape index (κ2) is 5.67. The summed E-state index contributed by atoms with van der Waals surface area (Å²) in [6.07, 6.45) is 3.42. The Bertz CT molecular complexity index is 225. The number of nitrogens with one attached hydrogen (secondary N) is 1. The minimum Gasteiger partial charge on any atom is -0.353 e. The van der Waals surface area contributed by atoms with Crippen LogP contribution in [0.1, 0.15) is 47.0 Å². The molecule has 1 amide bonds. The number of carbonyl (C=O) groups excluding carboxylic acids is 1. The van der Waals surface area contributed by atoms with Crippen LogP contribution in [0.4, 0.5) is 0 Å². The van der Waals surface area contributed by atoms with Gasteiger partial charge in [0, 0.05) is 24.5 Å². The van der Waals surface area contributed by atoms with E-state index < -0.39 is 0 Å². The summed E-state index contributed by atoms with van der Waals surface area (Å²) in [5, 5.41) is 3.16. The Morgan fingerprint density at radius 2 is 1.88 bits per heavy atom. The van der Waals surface area contributed by atoms with Gasteiger partial charge in [0.2, 0.25) is 5.91 Å². The average molecular weight is 226 g/mol. The molecule has 0 radical (unpaired) electrons. The fourth-order valence-electron chi connectivity index (χ4n) is 2.02. The predicted molar refractivity (Wildman–Crippen MR) is 67.4 cm³/mol. The van der Waals surface area contributed by atoms with Crippen molar-refractivity contribution in [3.05, 3.63) is 0 Å². The van der Waals surface area contributed by atoms with Crippen molar-refractivity contribution in [2.75, 3.05) is 19.6 Å². The van der Waals surface area contributed by atoms with Gasteiger partial charge in [0.15, 0.2) is 0 Å². The maximum Gasteiger partial charge on any atom is 0.225 e. The molecule has 1 saturated heterocycles. The lowest BCUT2D eigenvalue weighted by molar-refractivity contribution is -0.129. The molecular formula is C13H26N2O. The molecule has 0 aliphatic carbocycles.